The Morgan fingerprint density at radius 1 is 0.737 bits per heavy atom. The highest BCUT2D eigenvalue weighted by Crippen LogP contribution is 2.43. The first-order valence-electron chi connectivity index (χ1n) is 5.42. The molecule has 1 aliphatic rings. The average molecular weight is 258 g/mol. The van der Waals surface area contributed by atoms with Crippen LogP contribution in [0.5, 0.6) is 11.5 Å². The van der Waals surface area contributed by atoms with Gasteiger partial charge in [-0.1, -0.05) is 24.3 Å². The zero-order valence-corrected chi connectivity index (χ0v) is 9.74. The molecule has 3 rings (SSSR count). The fourth-order valence-corrected chi connectivity index (χ4v) is 1.47. The van der Waals surface area contributed by atoms with Crippen molar-refractivity contribution in [3.05, 3.63) is 59.7 Å². The lowest BCUT2D eigenvalue weighted by atomic mass is 10.1. The van der Waals surface area contributed by atoms with Gasteiger partial charge in [-0.3, -0.25) is 0 Å². The van der Waals surface area contributed by atoms with Gasteiger partial charge in [-0.25, -0.2) is 9.59 Å². The SMILES string of the molecule is O=C(O)c1ccccc1C(=O)O.c1ccc2c(c1)O2. The second-order valence-corrected chi connectivity index (χ2v) is 3.70. The highest BCUT2D eigenvalue weighted by Gasteiger charge is 2.16. The number of hydrogen-bond acceptors (Lipinski definition) is 3. The van der Waals surface area contributed by atoms with Crippen molar-refractivity contribution in [2.75, 3.05) is 0 Å². The van der Waals surface area contributed by atoms with Gasteiger partial charge in [0.05, 0.1) is 11.1 Å². The van der Waals surface area contributed by atoms with E-state index in [1.54, 1.807) is 0 Å². The van der Waals surface area contributed by atoms with E-state index in [-0.39, 0.29) is 11.1 Å². The van der Waals surface area contributed by atoms with Crippen molar-refractivity contribution in [1.82, 2.24) is 0 Å². The minimum Gasteiger partial charge on any atom is -0.478 e. The van der Waals surface area contributed by atoms with Gasteiger partial charge in [0.25, 0.3) is 0 Å². The Bertz CT molecular complexity index is 579. The molecule has 5 nitrogen and oxygen atoms in total. The van der Waals surface area contributed by atoms with Gasteiger partial charge < -0.3 is 14.9 Å². The van der Waals surface area contributed by atoms with Crippen molar-refractivity contribution in [2.45, 2.75) is 0 Å². The van der Waals surface area contributed by atoms with E-state index in [1.807, 2.05) is 24.3 Å². The summed E-state index contributed by atoms with van der Waals surface area (Å²) in [6.07, 6.45) is 0. The van der Waals surface area contributed by atoms with Crippen LogP contribution in [-0.4, -0.2) is 22.2 Å². The monoisotopic (exact) mass is 258 g/mol. The molecule has 0 aliphatic carbocycles. The molecule has 0 amide bonds. The zero-order chi connectivity index (χ0) is 13.8. The van der Waals surface area contributed by atoms with E-state index in [0.29, 0.717) is 0 Å². The van der Waals surface area contributed by atoms with Crippen LogP contribution >= 0.6 is 0 Å². The van der Waals surface area contributed by atoms with Crippen LogP contribution in [0, 0.1) is 0 Å². The molecule has 2 aromatic rings. The number of fused-ring (bicyclic) bond motifs is 1. The molecular weight excluding hydrogens is 248 g/mol. The molecule has 0 unspecified atom stereocenters. The summed E-state index contributed by atoms with van der Waals surface area (Å²) < 4.78 is 4.94. The smallest absolute Gasteiger partial charge is 0.336 e. The highest BCUT2D eigenvalue weighted by molar-refractivity contribution is 6.01. The van der Waals surface area contributed by atoms with Crippen LogP contribution in [0.2, 0.25) is 0 Å². The van der Waals surface area contributed by atoms with Crippen LogP contribution in [0.3, 0.4) is 0 Å². The Kier molecular flexibility index (Phi) is 3.47. The summed E-state index contributed by atoms with van der Waals surface area (Å²) in [6, 6.07) is 13.3. The van der Waals surface area contributed by atoms with E-state index >= 15 is 0 Å². The number of aromatic carboxylic acids is 2. The number of carbonyl (C=O) groups is 2. The second kappa shape index (κ2) is 5.22. The molecule has 2 aromatic carbocycles. The molecule has 1 aliphatic heterocycles. The van der Waals surface area contributed by atoms with Crippen LogP contribution in [-0.2, 0) is 0 Å². The third-order valence-corrected chi connectivity index (χ3v) is 2.42. The molecule has 0 bridgehead atoms. The summed E-state index contributed by atoms with van der Waals surface area (Å²) >= 11 is 0. The maximum atomic E-state index is 10.5. The van der Waals surface area contributed by atoms with Gasteiger partial charge in [0.1, 0.15) is 0 Å². The lowest BCUT2D eigenvalue weighted by Gasteiger charge is -1.98. The van der Waals surface area contributed by atoms with Gasteiger partial charge in [0.15, 0.2) is 11.5 Å². The molecule has 96 valence electrons. The second-order valence-electron chi connectivity index (χ2n) is 3.70. The van der Waals surface area contributed by atoms with Crippen molar-refractivity contribution >= 4 is 11.9 Å². The van der Waals surface area contributed by atoms with Gasteiger partial charge in [0.2, 0.25) is 0 Å². The van der Waals surface area contributed by atoms with Crippen molar-refractivity contribution in [2.24, 2.45) is 0 Å². The first-order valence-corrected chi connectivity index (χ1v) is 5.42. The Hall–Kier alpha value is -2.82. The largest absolute Gasteiger partial charge is 0.478 e. The predicted octanol–water partition coefficient (Wildman–Crippen LogP) is 2.88. The quantitative estimate of drug-likeness (QED) is 0.690. The van der Waals surface area contributed by atoms with Gasteiger partial charge in [-0.2, -0.15) is 0 Å². The Balaban J connectivity index is 0.000000159. The first-order chi connectivity index (χ1) is 9.09. The normalized spacial score (nSPS) is 10.3. The summed E-state index contributed by atoms with van der Waals surface area (Å²) in [6.45, 7) is 0. The topological polar surface area (TPSA) is 87.1 Å². The van der Waals surface area contributed by atoms with Crippen LogP contribution < -0.4 is 4.74 Å². The molecule has 0 saturated heterocycles. The van der Waals surface area contributed by atoms with E-state index in [4.69, 9.17) is 14.9 Å². The summed E-state index contributed by atoms with van der Waals surface area (Å²) in [4.78, 5) is 20.9. The van der Waals surface area contributed by atoms with Gasteiger partial charge >= 0.3 is 11.9 Å². The maximum Gasteiger partial charge on any atom is 0.336 e. The third-order valence-electron chi connectivity index (χ3n) is 2.42. The minimum atomic E-state index is -1.23. The van der Waals surface area contributed by atoms with E-state index in [1.165, 1.54) is 24.3 Å². The van der Waals surface area contributed by atoms with Crippen LogP contribution in [0.4, 0.5) is 0 Å². The molecule has 0 atom stereocenters. The van der Waals surface area contributed by atoms with Crippen molar-refractivity contribution in [1.29, 1.82) is 0 Å². The molecule has 5 heteroatoms. The minimum absolute atomic E-state index is 0.190. The Morgan fingerprint density at radius 3 is 1.42 bits per heavy atom. The standard InChI is InChI=1S/C8H6O4.C6H4O/c9-7(10)5-3-1-2-4-6(5)8(11)12;1-2-4-6-5(3-1)7-6/h1-4H,(H,9,10)(H,11,12);1-4H. The van der Waals surface area contributed by atoms with E-state index in [0.717, 1.165) is 11.5 Å². The number of ether oxygens (including phenoxy) is 1. The summed E-state index contributed by atoms with van der Waals surface area (Å²) in [5.41, 5.74) is -0.380. The Morgan fingerprint density at radius 2 is 1.11 bits per heavy atom. The number of carboxylic acids is 2. The fourth-order valence-electron chi connectivity index (χ4n) is 1.47. The van der Waals surface area contributed by atoms with Crippen LogP contribution in [0.1, 0.15) is 20.7 Å². The van der Waals surface area contributed by atoms with E-state index in [2.05, 4.69) is 0 Å². The van der Waals surface area contributed by atoms with Gasteiger partial charge in [-0.05, 0) is 24.3 Å². The predicted molar refractivity (Wildman–Crippen MR) is 66.9 cm³/mol. The van der Waals surface area contributed by atoms with E-state index < -0.39 is 11.9 Å². The number of hydrogen-bond donors (Lipinski definition) is 2. The molecule has 0 aromatic heterocycles. The summed E-state index contributed by atoms with van der Waals surface area (Å²) in [7, 11) is 0. The maximum absolute atomic E-state index is 10.5. The molecule has 19 heavy (non-hydrogen) atoms. The molecule has 2 N–H and O–H groups in total. The van der Waals surface area contributed by atoms with Gasteiger partial charge in [-0.15, -0.1) is 0 Å². The number of rotatable bonds is 2. The highest BCUT2D eigenvalue weighted by atomic mass is 16.6. The van der Waals surface area contributed by atoms with Crippen molar-refractivity contribution < 1.29 is 24.5 Å². The number of para-hydroxylation sites is 2. The fraction of sp³-hybridized carbons (Fsp3) is 0. The lowest BCUT2D eigenvalue weighted by molar-refractivity contribution is 0.0651. The van der Waals surface area contributed by atoms with Crippen LogP contribution in [0.25, 0.3) is 0 Å². The van der Waals surface area contributed by atoms with E-state index in [9.17, 15) is 9.59 Å². The number of benzene rings is 2. The molecule has 0 radical (unpaired) electrons. The lowest BCUT2D eigenvalue weighted by Crippen LogP contribution is -2.06. The molecular formula is C14H10O5. The van der Waals surface area contributed by atoms with Gasteiger partial charge in [0, 0.05) is 0 Å². The summed E-state index contributed by atoms with van der Waals surface area (Å²) in [5.74, 6) is -0.397. The third kappa shape index (κ3) is 3.10. The molecule has 0 spiro atoms. The molecule has 0 saturated carbocycles. The zero-order valence-electron chi connectivity index (χ0n) is 9.74. The number of carboxylic acid groups (broad SMARTS) is 2. The van der Waals surface area contributed by atoms with Crippen LogP contribution in [0.15, 0.2) is 48.5 Å². The molecule has 0 fully saturated rings. The average Bonchev–Trinajstić information content (AvgIpc) is 3.18. The molecule has 1 heterocycles. The summed E-state index contributed by atoms with van der Waals surface area (Å²) in [5, 5.41) is 17.1. The van der Waals surface area contributed by atoms with Crippen molar-refractivity contribution in [3.8, 4) is 11.5 Å². The first kappa shape index (κ1) is 12.6. The van der Waals surface area contributed by atoms with Crippen molar-refractivity contribution in [3.63, 3.8) is 0 Å². The Labute approximate surface area is 108 Å².